The molecule has 1 amide bonds. The van der Waals surface area contributed by atoms with Gasteiger partial charge in [0, 0.05) is 22.4 Å². The minimum absolute atomic E-state index is 0.139. The molecule has 0 aliphatic heterocycles. The molecule has 0 saturated heterocycles. The number of hydrogen-bond donors (Lipinski definition) is 2. The molecule has 1 heterocycles. The molecule has 0 bridgehead atoms. The lowest BCUT2D eigenvalue weighted by atomic mass is 10.1. The summed E-state index contributed by atoms with van der Waals surface area (Å²) in [6.07, 6.45) is 0. The normalized spacial score (nSPS) is 12.8. The number of carbonyl (C=O) groups excluding carboxylic acids is 1. The Kier molecular flexibility index (Phi) is 6.56. The number of nitrogens with one attached hydrogen (secondary N) is 1. The standard InChI is InChI=1S/C25H23N2O3PS/c1-31(29,21-9-3-2-4-10-21)30-17-18-7-5-8-20(15-18)25(28)27-23-16-19(12-13-22(23)26)24-11-6-14-32-24/h2-16H,17,26H2,1H3,(H,27,28). The third kappa shape index (κ3) is 5.17. The van der Waals surface area contributed by atoms with Crippen molar-refractivity contribution in [2.24, 2.45) is 0 Å². The first-order valence-corrected chi connectivity index (χ1v) is 13.0. The van der Waals surface area contributed by atoms with Crippen molar-refractivity contribution in [1.82, 2.24) is 0 Å². The first kappa shape index (κ1) is 22.0. The molecule has 5 nitrogen and oxygen atoms in total. The third-order valence-corrected chi connectivity index (χ3v) is 7.78. The van der Waals surface area contributed by atoms with Crippen molar-refractivity contribution in [3.63, 3.8) is 0 Å². The summed E-state index contributed by atoms with van der Waals surface area (Å²) in [5.74, 6) is -0.273. The lowest BCUT2D eigenvalue weighted by Crippen LogP contribution is -2.13. The molecule has 162 valence electrons. The molecule has 1 unspecified atom stereocenters. The fourth-order valence-electron chi connectivity index (χ4n) is 3.23. The van der Waals surface area contributed by atoms with Gasteiger partial charge in [0.05, 0.1) is 18.0 Å². The number of benzene rings is 3. The second kappa shape index (κ2) is 9.53. The van der Waals surface area contributed by atoms with Crippen LogP contribution in [0.2, 0.25) is 0 Å². The monoisotopic (exact) mass is 462 g/mol. The van der Waals surface area contributed by atoms with Crippen LogP contribution in [0.15, 0.2) is 90.3 Å². The smallest absolute Gasteiger partial charge is 0.255 e. The van der Waals surface area contributed by atoms with Crippen LogP contribution < -0.4 is 16.4 Å². The van der Waals surface area contributed by atoms with Gasteiger partial charge in [0.15, 0.2) is 0 Å². The molecule has 3 aromatic carbocycles. The Morgan fingerprint density at radius 1 is 1.00 bits per heavy atom. The first-order valence-electron chi connectivity index (χ1n) is 10.0. The summed E-state index contributed by atoms with van der Waals surface area (Å²) >= 11 is 1.62. The largest absolute Gasteiger partial charge is 0.397 e. The summed E-state index contributed by atoms with van der Waals surface area (Å²) in [6.45, 7) is 1.74. The van der Waals surface area contributed by atoms with Crippen molar-refractivity contribution in [3.8, 4) is 10.4 Å². The van der Waals surface area contributed by atoms with Gasteiger partial charge in [-0.1, -0.05) is 42.5 Å². The molecule has 3 N–H and O–H groups in total. The Hall–Kier alpha value is -3.18. The van der Waals surface area contributed by atoms with Gasteiger partial charge in [-0.05, 0) is 59.0 Å². The molecule has 1 atom stereocenters. The molecule has 0 aliphatic carbocycles. The van der Waals surface area contributed by atoms with E-state index in [2.05, 4.69) is 5.32 Å². The van der Waals surface area contributed by atoms with E-state index in [1.165, 1.54) is 0 Å². The first-order chi connectivity index (χ1) is 15.4. The summed E-state index contributed by atoms with van der Waals surface area (Å²) in [6, 6.07) is 25.8. The molecular weight excluding hydrogens is 439 g/mol. The number of nitrogen functional groups attached to an aromatic ring is 1. The van der Waals surface area contributed by atoms with Crippen LogP contribution in [0.5, 0.6) is 0 Å². The predicted octanol–water partition coefficient (Wildman–Crippen LogP) is 6.00. The van der Waals surface area contributed by atoms with E-state index in [0.717, 1.165) is 16.0 Å². The number of rotatable bonds is 7. The molecular formula is C25H23N2O3PS. The lowest BCUT2D eigenvalue weighted by Gasteiger charge is -2.15. The summed E-state index contributed by atoms with van der Waals surface area (Å²) in [4.78, 5) is 14.0. The van der Waals surface area contributed by atoms with Crippen LogP contribution in [0.25, 0.3) is 10.4 Å². The highest BCUT2D eigenvalue weighted by Gasteiger charge is 2.19. The molecule has 0 radical (unpaired) electrons. The van der Waals surface area contributed by atoms with Crippen LogP contribution in [0.3, 0.4) is 0 Å². The van der Waals surface area contributed by atoms with Gasteiger partial charge in [-0.15, -0.1) is 11.3 Å². The maximum atomic E-state index is 12.9. The van der Waals surface area contributed by atoms with Gasteiger partial charge in [0.25, 0.3) is 5.91 Å². The van der Waals surface area contributed by atoms with Crippen LogP contribution in [0.1, 0.15) is 15.9 Å². The third-order valence-electron chi connectivity index (χ3n) is 5.00. The van der Waals surface area contributed by atoms with Crippen molar-refractivity contribution in [2.75, 3.05) is 17.7 Å². The number of nitrogens with two attached hydrogens (primary N) is 1. The summed E-state index contributed by atoms with van der Waals surface area (Å²) in [5.41, 5.74) is 9.36. The number of anilines is 2. The van der Waals surface area contributed by atoms with Gasteiger partial charge in [0.1, 0.15) is 0 Å². The molecule has 32 heavy (non-hydrogen) atoms. The Morgan fingerprint density at radius 2 is 1.81 bits per heavy atom. The minimum Gasteiger partial charge on any atom is -0.397 e. The van der Waals surface area contributed by atoms with Gasteiger partial charge in [-0.25, -0.2) is 0 Å². The van der Waals surface area contributed by atoms with Crippen molar-refractivity contribution in [1.29, 1.82) is 0 Å². The summed E-state index contributed by atoms with van der Waals surface area (Å²) < 4.78 is 18.6. The molecule has 0 spiro atoms. The molecule has 1 aromatic heterocycles. The Bertz CT molecular complexity index is 1270. The predicted molar refractivity (Wildman–Crippen MR) is 133 cm³/mol. The van der Waals surface area contributed by atoms with E-state index >= 15 is 0 Å². The zero-order valence-corrected chi connectivity index (χ0v) is 19.2. The Balaban J connectivity index is 1.47. The van der Waals surface area contributed by atoms with Crippen molar-refractivity contribution in [2.45, 2.75) is 6.61 Å². The maximum absolute atomic E-state index is 12.9. The van der Waals surface area contributed by atoms with Crippen LogP contribution in [0.4, 0.5) is 11.4 Å². The maximum Gasteiger partial charge on any atom is 0.255 e. The summed E-state index contributed by atoms with van der Waals surface area (Å²) in [7, 11) is -2.96. The lowest BCUT2D eigenvalue weighted by molar-refractivity contribution is 0.102. The van der Waals surface area contributed by atoms with Crippen LogP contribution >= 0.6 is 18.7 Å². The van der Waals surface area contributed by atoms with Crippen LogP contribution in [0, 0.1) is 0 Å². The second-order valence-electron chi connectivity index (χ2n) is 7.39. The Morgan fingerprint density at radius 3 is 2.56 bits per heavy atom. The SMILES string of the molecule is CP(=O)(OCc1cccc(C(=O)Nc2cc(-c3cccs3)ccc2N)c1)c1ccccc1. The van der Waals surface area contributed by atoms with E-state index in [4.69, 9.17) is 10.3 Å². The van der Waals surface area contributed by atoms with Gasteiger partial charge in [0.2, 0.25) is 7.37 Å². The molecule has 0 saturated carbocycles. The number of carbonyl (C=O) groups is 1. The van der Waals surface area contributed by atoms with E-state index in [-0.39, 0.29) is 12.5 Å². The van der Waals surface area contributed by atoms with E-state index < -0.39 is 7.37 Å². The van der Waals surface area contributed by atoms with Crippen molar-refractivity contribution >= 4 is 41.3 Å². The number of hydrogen-bond acceptors (Lipinski definition) is 5. The van der Waals surface area contributed by atoms with Gasteiger partial charge < -0.3 is 15.6 Å². The van der Waals surface area contributed by atoms with E-state index in [1.54, 1.807) is 54.4 Å². The highest BCUT2D eigenvalue weighted by molar-refractivity contribution is 7.66. The van der Waals surface area contributed by atoms with Gasteiger partial charge in [-0.2, -0.15) is 0 Å². The zero-order valence-electron chi connectivity index (χ0n) is 17.5. The average Bonchev–Trinajstić information content (AvgIpc) is 3.35. The molecule has 7 heteroatoms. The molecule has 0 aliphatic rings. The van der Waals surface area contributed by atoms with Crippen LogP contribution in [-0.4, -0.2) is 12.6 Å². The fraction of sp³-hybridized carbons (Fsp3) is 0.0800. The minimum atomic E-state index is -2.96. The summed E-state index contributed by atoms with van der Waals surface area (Å²) in [5, 5.41) is 5.57. The van der Waals surface area contributed by atoms with Crippen molar-refractivity contribution in [3.05, 3.63) is 101 Å². The zero-order chi connectivity index (χ0) is 22.6. The number of thiophene rings is 1. The van der Waals surface area contributed by atoms with E-state index in [9.17, 15) is 9.36 Å². The molecule has 4 rings (SSSR count). The Labute approximate surface area is 191 Å². The van der Waals surface area contributed by atoms with E-state index in [1.807, 2.05) is 53.9 Å². The second-order valence-corrected chi connectivity index (χ2v) is 10.8. The molecule has 4 aromatic rings. The van der Waals surface area contributed by atoms with Gasteiger partial charge in [-0.3, -0.25) is 9.36 Å². The topological polar surface area (TPSA) is 81.4 Å². The van der Waals surface area contributed by atoms with E-state index in [0.29, 0.717) is 22.2 Å². The molecule has 0 fully saturated rings. The fourth-order valence-corrected chi connectivity index (χ4v) is 5.21. The highest BCUT2D eigenvalue weighted by atomic mass is 32.1. The average molecular weight is 463 g/mol. The highest BCUT2D eigenvalue weighted by Crippen LogP contribution is 2.42. The van der Waals surface area contributed by atoms with Gasteiger partial charge >= 0.3 is 0 Å². The van der Waals surface area contributed by atoms with Crippen LogP contribution in [-0.2, 0) is 15.7 Å². The van der Waals surface area contributed by atoms with Crippen molar-refractivity contribution < 1.29 is 13.9 Å². The quantitative estimate of drug-likeness (QED) is 0.261. The number of amides is 1.